The number of nitrogens with one attached hydrogen (secondary N) is 1. The maximum absolute atomic E-state index is 11.0. The van der Waals surface area contributed by atoms with E-state index in [4.69, 9.17) is 22.3 Å². The molecule has 3 nitrogen and oxygen atoms in total. The molecule has 6 heteroatoms. The summed E-state index contributed by atoms with van der Waals surface area (Å²) in [5.74, 6) is -0.256. The summed E-state index contributed by atoms with van der Waals surface area (Å²) in [6.45, 7) is 1.91. The number of benzene rings is 1. The van der Waals surface area contributed by atoms with E-state index in [0.717, 1.165) is 16.6 Å². The Morgan fingerprint density at radius 3 is 2.69 bits per heavy atom. The van der Waals surface area contributed by atoms with Gasteiger partial charge in [0.05, 0.1) is 10.8 Å². The summed E-state index contributed by atoms with van der Waals surface area (Å²) in [5.41, 5.74) is 2.38. The van der Waals surface area contributed by atoms with Crippen molar-refractivity contribution < 1.29 is 8.42 Å². The van der Waals surface area contributed by atoms with Crippen molar-refractivity contribution in [1.82, 2.24) is 4.98 Å². The molecule has 0 aliphatic carbocycles. The SMILES string of the molecule is Cc1cc2c(Cl)c(CS(=O)(=O)Cl)ccc2[nH]1. The number of fused-ring (bicyclic) bond motifs is 1. The second-order valence-electron chi connectivity index (χ2n) is 3.64. The first-order chi connectivity index (χ1) is 7.37. The van der Waals surface area contributed by atoms with Crippen molar-refractivity contribution in [2.45, 2.75) is 12.7 Å². The lowest BCUT2D eigenvalue weighted by Crippen LogP contribution is -1.95. The minimum Gasteiger partial charge on any atom is -0.359 e. The van der Waals surface area contributed by atoms with Crippen molar-refractivity contribution in [3.63, 3.8) is 0 Å². The molecule has 0 atom stereocenters. The minimum absolute atomic E-state index is 0.256. The van der Waals surface area contributed by atoms with Gasteiger partial charge in [-0.05, 0) is 24.6 Å². The summed E-state index contributed by atoms with van der Waals surface area (Å²) in [6, 6.07) is 5.34. The van der Waals surface area contributed by atoms with Gasteiger partial charge in [0.2, 0.25) is 9.05 Å². The van der Waals surface area contributed by atoms with Crippen LogP contribution in [-0.4, -0.2) is 13.4 Å². The smallest absolute Gasteiger partial charge is 0.236 e. The molecular weight excluding hydrogens is 269 g/mol. The normalized spacial score (nSPS) is 12.2. The highest BCUT2D eigenvalue weighted by molar-refractivity contribution is 8.13. The van der Waals surface area contributed by atoms with Crippen LogP contribution in [0.3, 0.4) is 0 Å². The molecule has 2 aromatic rings. The number of halogens is 2. The third kappa shape index (κ3) is 2.34. The average Bonchev–Trinajstić information content (AvgIpc) is 2.50. The molecule has 16 heavy (non-hydrogen) atoms. The van der Waals surface area contributed by atoms with E-state index in [9.17, 15) is 8.42 Å². The highest BCUT2D eigenvalue weighted by Gasteiger charge is 2.13. The van der Waals surface area contributed by atoms with Gasteiger partial charge in [-0.1, -0.05) is 17.7 Å². The largest absolute Gasteiger partial charge is 0.359 e. The number of H-pyrrole nitrogens is 1. The summed E-state index contributed by atoms with van der Waals surface area (Å²) in [7, 11) is 1.62. The third-order valence-corrected chi connectivity index (χ3v) is 3.71. The summed E-state index contributed by atoms with van der Waals surface area (Å²) < 4.78 is 22.0. The van der Waals surface area contributed by atoms with Crippen LogP contribution in [0.5, 0.6) is 0 Å². The minimum atomic E-state index is -3.58. The number of aromatic amines is 1. The van der Waals surface area contributed by atoms with Crippen LogP contribution in [0.2, 0.25) is 5.02 Å². The second-order valence-corrected chi connectivity index (χ2v) is 6.79. The van der Waals surface area contributed by atoms with Crippen LogP contribution < -0.4 is 0 Å². The second kappa shape index (κ2) is 3.95. The first kappa shape index (κ1) is 11.8. The van der Waals surface area contributed by atoms with Crippen LogP contribution in [0.4, 0.5) is 0 Å². The molecule has 0 unspecified atom stereocenters. The van der Waals surface area contributed by atoms with E-state index in [-0.39, 0.29) is 5.75 Å². The highest BCUT2D eigenvalue weighted by Crippen LogP contribution is 2.29. The Kier molecular flexibility index (Phi) is 2.90. The third-order valence-electron chi connectivity index (χ3n) is 2.28. The van der Waals surface area contributed by atoms with Gasteiger partial charge < -0.3 is 4.98 Å². The van der Waals surface area contributed by atoms with Gasteiger partial charge >= 0.3 is 0 Å². The number of aromatic nitrogens is 1. The van der Waals surface area contributed by atoms with E-state index in [1.807, 2.05) is 13.0 Å². The van der Waals surface area contributed by atoms with Crippen molar-refractivity contribution in [3.8, 4) is 0 Å². The predicted octanol–water partition coefficient (Wildman–Crippen LogP) is 3.20. The van der Waals surface area contributed by atoms with Gasteiger partial charge in [0.1, 0.15) is 0 Å². The fourth-order valence-electron chi connectivity index (χ4n) is 1.65. The fraction of sp³-hybridized carbons (Fsp3) is 0.200. The first-order valence-corrected chi connectivity index (χ1v) is 7.41. The molecule has 86 valence electrons. The number of aryl methyl sites for hydroxylation is 1. The number of rotatable bonds is 2. The Morgan fingerprint density at radius 2 is 2.06 bits per heavy atom. The molecule has 1 N–H and O–H groups in total. The Morgan fingerprint density at radius 1 is 1.38 bits per heavy atom. The molecule has 0 aliphatic heterocycles. The standard InChI is InChI=1S/C10H9Cl2NO2S/c1-6-4-8-9(13-6)3-2-7(10(8)11)5-16(12,14)15/h2-4,13H,5H2,1H3. The van der Waals surface area contributed by atoms with Crippen molar-refractivity contribution >= 4 is 42.2 Å². The van der Waals surface area contributed by atoms with E-state index >= 15 is 0 Å². The van der Waals surface area contributed by atoms with Gasteiger partial charge in [-0.3, -0.25) is 0 Å². The summed E-state index contributed by atoms with van der Waals surface area (Å²) in [4.78, 5) is 3.12. The van der Waals surface area contributed by atoms with E-state index in [2.05, 4.69) is 4.98 Å². The summed E-state index contributed by atoms with van der Waals surface area (Å²) in [5, 5.41) is 1.25. The van der Waals surface area contributed by atoms with Gasteiger partial charge in [-0.15, -0.1) is 0 Å². The molecule has 0 spiro atoms. The lowest BCUT2D eigenvalue weighted by atomic mass is 10.2. The quantitative estimate of drug-likeness (QED) is 0.857. The zero-order valence-electron chi connectivity index (χ0n) is 8.42. The molecule has 0 bridgehead atoms. The van der Waals surface area contributed by atoms with Gasteiger partial charge in [-0.2, -0.15) is 0 Å². The maximum Gasteiger partial charge on any atom is 0.236 e. The van der Waals surface area contributed by atoms with Crippen LogP contribution in [0, 0.1) is 6.92 Å². The van der Waals surface area contributed by atoms with Gasteiger partial charge in [0.25, 0.3) is 0 Å². The summed E-state index contributed by atoms with van der Waals surface area (Å²) >= 11 is 6.12. The molecule has 0 aliphatic rings. The average molecular weight is 278 g/mol. The molecule has 0 amide bonds. The molecule has 0 saturated heterocycles. The van der Waals surface area contributed by atoms with Crippen molar-refractivity contribution in [2.75, 3.05) is 0 Å². The van der Waals surface area contributed by atoms with E-state index in [1.54, 1.807) is 12.1 Å². The van der Waals surface area contributed by atoms with E-state index < -0.39 is 9.05 Å². The van der Waals surface area contributed by atoms with Crippen molar-refractivity contribution in [2.24, 2.45) is 0 Å². The van der Waals surface area contributed by atoms with Gasteiger partial charge in [0, 0.05) is 27.3 Å². The van der Waals surface area contributed by atoms with Crippen LogP contribution in [0.15, 0.2) is 18.2 Å². The van der Waals surface area contributed by atoms with Crippen molar-refractivity contribution in [3.05, 3.63) is 34.5 Å². The number of hydrogen-bond donors (Lipinski definition) is 1. The molecule has 2 rings (SSSR count). The van der Waals surface area contributed by atoms with Crippen LogP contribution in [0.25, 0.3) is 10.9 Å². The zero-order chi connectivity index (χ0) is 11.9. The Balaban J connectivity index is 2.60. The first-order valence-electron chi connectivity index (χ1n) is 4.56. The molecular formula is C10H9Cl2NO2S. The van der Waals surface area contributed by atoms with E-state index in [1.165, 1.54) is 0 Å². The topological polar surface area (TPSA) is 49.9 Å². The molecule has 1 aromatic heterocycles. The van der Waals surface area contributed by atoms with E-state index in [0.29, 0.717) is 10.6 Å². The fourth-order valence-corrected chi connectivity index (χ4v) is 2.98. The van der Waals surface area contributed by atoms with Crippen LogP contribution in [0.1, 0.15) is 11.3 Å². The molecule has 0 radical (unpaired) electrons. The van der Waals surface area contributed by atoms with Crippen molar-refractivity contribution in [1.29, 1.82) is 0 Å². The summed E-state index contributed by atoms with van der Waals surface area (Å²) in [6.07, 6.45) is 0. The lowest BCUT2D eigenvalue weighted by Gasteiger charge is -2.02. The highest BCUT2D eigenvalue weighted by atomic mass is 35.7. The Hall–Kier alpha value is -0.710. The predicted molar refractivity (Wildman–Crippen MR) is 66.5 cm³/mol. The monoisotopic (exact) mass is 277 g/mol. The maximum atomic E-state index is 11.0. The van der Waals surface area contributed by atoms with Gasteiger partial charge in [-0.25, -0.2) is 8.42 Å². The van der Waals surface area contributed by atoms with Crippen LogP contribution in [-0.2, 0) is 14.8 Å². The van der Waals surface area contributed by atoms with Gasteiger partial charge in [0.15, 0.2) is 0 Å². The molecule has 1 aromatic carbocycles. The molecule has 0 saturated carbocycles. The number of hydrogen-bond acceptors (Lipinski definition) is 2. The van der Waals surface area contributed by atoms with Crippen LogP contribution >= 0.6 is 22.3 Å². The Labute approximate surface area is 103 Å². The lowest BCUT2D eigenvalue weighted by molar-refractivity contribution is 0.609. The Bertz CT molecular complexity index is 646. The molecule has 1 heterocycles. The zero-order valence-corrected chi connectivity index (χ0v) is 10.7. The molecule has 0 fully saturated rings.